The molecule has 0 radical (unpaired) electrons. The summed E-state index contributed by atoms with van der Waals surface area (Å²) >= 11 is 0. The summed E-state index contributed by atoms with van der Waals surface area (Å²) in [4.78, 5) is 21.4. The van der Waals surface area contributed by atoms with Crippen LogP contribution in [0, 0.1) is 6.92 Å². The van der Waals surface area contributed by atoms with Crippen molar-refractivity contribution in [2.75, 3.05) is 11.9 Å². The summed E-state index contributed by atoms with van der Waals surface area (Å²) in [7, 11) is 0. The maximum atomic E-state index is 12.2. The van der Waals surface area contributed by atoms with Gasteiger partial charge in [-0.1, -0.05) is 36.4 Å². The molecule has 0 aliphatic carbocycles. The lowest BCUT2D eigenvalue weighted by Crippen LogP contribution is -2.31. The molecule has 0 saturated heterocycles. The molecule has 4 aromatic rings. The van der Waals surface area contributed by atoms with E-state index in [4.69, 9.17) is 4.98 Å². The number of aromatic nitrogens is 3. The number of hydrogen-bond donors (Lipinski definition) is 2. The van der Waals surface area contributed by atoms with E-state index in [0.717, 1.165) is 33.9 Å². The van der Waals surface area contributed by atoms with Crippen LogP contribution in [-0.4, -0.2) is 27.1 Å². The second kappa shape index (κ2) is 7.92. The first-order valence-electron chi connectivity index (χ1n) is 9.20. The van der Waals surface area contributed by atoms with Crippen LogP contribution in [-0.2, 0) is 6.42 Å². The number of carbonyl (C=O) groups is 1. The van der Waals surface area contributed by atoms with Crippen molar-refractivity contribution in [2.45, 2.75) is 13.3 Å². The number of nitrogens with one attached hydrogen (secondary N) is 2. The minimum Gasteiger partial charge on any atom is -0.337 e. The van der Waals surface area contributed by atoms with Gasteiger partial charge in [0.1, 0.15) is 11.3 Å². The maximum absolute atomic E-state index is 12.2. The van der Waals surface area contributed by atoms with Gasteiger partial charge in [0, 0.05) is 30.5 Å². The summed E-state index contributed by atoms with van der Waals surface area (Å²) in [6.45, 7) is 2.43. The van der Waals surface area contributed by atoms with Gasteiger partial charge in [-0.05, 0) is 42.8 Å². The molecule has 2 heterocycles. The zero-order valence-corrected chi connectivity index (χ0v) is 15.6. The van der Waals surface area contributed by atoms with Gasteiger partial charge in [-0.3, -0.25) is 4.57 Å². The van der Waals surface area contributed by atoms with Crippen molar-refractivity contribution in [2.24, 2.45) is 0 Å². The molecule has 2 aromatic heterocycles. The van der Waals surface area contributed by atoms with E-state index in [9.17, 15) is 4.79 Å². The highest BCUT2D eigenvalue weighted by Crippen LogP contribution is 2.20. The van der Waals surface area contributed by atoms with E-state index in [0.29, 0.717) is 13.0 Å². The lowest BCUT2D eigenvalue weighted by Gasteiger charge is -2.11. The fourth-order valence-corrected chi connectivity index (χ4v) is 3.14. The second-order valence-corrected chi connectivity index (χ2v) is 6.49. The molecule has 4 rings (SSSR count). The van der Waals surface area contributed by atoms with E-state index in [1.54, 1.807) is 6.20 Å². The Morgan fingerprint density at radius 1 is 1.00 bits per heavy atom. The van der Waals surface area contributed by atoms with Crippen LogP contribution in [0.5, 0.6) is 0 Å². The fourth-order valence-electron chi connectivity index (χ4n) is 3.14. The zero-order valence-electron chi connectivity index (χ0n) is 15.6. The molecule has 140 valence electrons. The Bertz CT molecular complexity index is 1100. The van der Waals surface area contributed by atoms with Crippen molar-refractivity contribution in [3.05, 3.63) is 84.3 Å². The Hall–Kier alpha value is -3.67. The maximum Gasteiger partial charge on any atom is 0.319 e. The van der Waals surface area contributed by atoms with Crippen LogP contribution in [0.25, 0.3) is 16.9 Å². The number of anilines is 1. The molecule has 0 aliphatic heterocycles. The van der Waals surface area contributed by atoms with E-state index in [1.807, 2.05) is 78.2 Å². The number of pyridine rings is 1. The number of hydrogen-bond acceptors (Lipinski definition) is 3. The van der Waals surface area contributed by atoms with Crippen molar-refractivity contribution in [3.8, 4) is 5.69 Å². The van der Waals surface area contributed by atoms with Crippen LogP contribution in [0.2, 0.25) is 0 Å². The third kappa shape index (κ3) is 3.71. The van der Waals surface area contributed by atoms with Gasteiger partial charge in [-0.15, -0.1) is 0 Å². The van der Waals surface area contributed by atoms with Crippen molar-refractivity contribution < 1.29 is 4.79 Å². The summed E-state index contributed by atoms with van der Waals surface area (Å²) in [5.41, 5.74) is 4.48. The Morgan fingerprint density at radius 2 is 1.79 bits per heavy atom. The summed E-state index contributed by atoms with van der Waals surface area (Å²) in [6.07, 6.45) is 2.35. The summed E-state index contributed by atoms with van der Waals surface area (Å²) in [5, 5.41) is 5.79. The molecule has 0 aliphatic rings. The Balaban J connectivity index is 1.49. The van der Waals surface area contributed by atoms with Crippen LogP contribution in [0.1, 0.15) is 11.4 Å². The minimum atomic E-state index is -0.227. The molecule has 0 fully saturated rings. The van der Waals surface area contributed by atoms with Crippen molar-refractivity contribution in [1.82, 2.24) is 19.9 Å². The molecule has 6 heteroatoms. The topological polar surface area (TPSA) is 71.8 Å². The summed E-state index contributed by atoms with van der Waals surface area (Å²) in [5.74, 6) is 0.857. The third-order valence-electron chi connectivity index (χ3n) is 4.53. The smallest absolute Gasteiger partial charge is 0.319 e. The number of carbonyl (C=O) groups excluding carboxylic acids is 1. The lowest BCUT2D eigenvalue weighted by molar-refractivity contribution is 0.252. The molecule has 0 spiro atoms. The lowest BCUT2D eigenvalue weighted by atomic mass is 10.2. The zero-order chi connectivity index (χ0) is 19.3. The van der Waals surface area contributed by atoms with Gasteiger partial charge in [0.05, 0.1) is 0 Å². The van der Waals surface area contributed by atoms with Gasteiger partial charge in [0.2, 0.25) is 0 Å². The van der Waals surface area contributed by atoms with Gasteiger partial charge >= 0.3 is 6.03 Å². The predicted molar refractivity (Wildman–Crippen MR) is 111 cm³/mol. The number of amides is 2. The molecule has 2 N–H and O–H groups in total. The quantitative estimate of drug-likeness (QED) is 0.555. The first-order valence-corrected chi connectivity index (χ1v) is 9.20. The van der Waals surface area contributed by atoms with E-state index in [2.05, 4.69) is 15.6 Å². The first kappa shape index (κ1) is 17.7. The van der Waals surface area contributed by atoms with Gasteiger partial charge in [0.15, 0.2) is 5.65 Å². The molecule has 2 amide bonds. The Morgan fingerprint density at radius 3 is 2.61 bits per heavy atom. The fraction of sp³-hybridized carbons (Fsp3) is 0.136. The minimum absolute atomic E-state index is 0.227. The number of urea groups is 1. The summed E-state index contributed by atoms with van der Waals surface area (Å²) in [6, 6.07) is 21.3. The third-order valence-corrected chi connectivity index (χ3v) is 4.53. The van der Waals surface area contributed by atoms with Crippen LogP contribution < -0.4 is 10.6 Å². The average Bonchev–Trinajstić information content (AvgIpc) is 3.08. The SMILES string of the molecule is Cc1ccccc1NC(=O)NCCc1nc2cccnc2n1-c1ccccc1. The molecule has 0 saturated carbocycles. The Kier molecular flexibility index (Phi) is 5.01. The molecule has 6 nitrogen and oxygen atoms in total. The van der Waals surface area contributed by atoms with Gasteiger partial charge in [0.25, 0.3) is 0 Å². The van der Waals surface area contributed by atoms with Crippen molar-refractivity contribution in [3.63, 3.8) is 0 Å². The molecular formula is C22H21N5O. The highest BCUT2D eigenvalue weighted by molar-refractivity contribution is 5.90. The number of rotatable bonds is 5. The average molecular weight is 371 g/mol. The van der Waals surface area contributed by atoms with E-state index < -0.39 is 0 Å². The Labute approximate surface area is 163 Å². The van der Waals surface area contributed by atoms with Gasteiger partial charge in [-0.25, -0.2) is 14.8 Å². The molecule has 0 unspecified atom stereocenters. The molecule has 28 heavy (non-hydrogen) atoms. The van der Waals surface area contributed by atoms with Crippen LogP contribution >= 0.6 is 0 Å². The van der Waals surface area contributed by atoms with E-state index in [1.165, 1.54) is 0 Å². The standard InChI is InChI=1S/C22H21N5O/c1-16-8-5-6-11-18(16)26-22(28)24-15-13-20-25-19-12-7-14-23-21(19)27(20)17-9-3-2-4-10-17/h2-12,14H,13,15H2,1H3,(H2,24,26,28). The molecule has 0 atom stereocenters. The molecule has 0 bridgehead atoms. The monoisotopic (exact) mass is 371 g/mol. The van der Waals surface area contributed by atoms with E-state index >= 15 is 0 Å². The van der Waals surface area contributed by atoms with Gasteiger partial charge in [-0.2, -0.15) is 0 Å². The number of para-hydroxylation sites is 2. The van der Waals surface area contributed by atoms with Crippen LogP contribution in [0.15, 0.2) is 72.9 Å². The van der Waals surface area contributed by atoms with Gasteiger partial charge < -0.3 is 10.6 Å². The molecule has 2 aromatic carbocycles. The normalized spacial score (nSPS) is 10.8. The van der Waals surface area contributed by atoms with E-state index in [-0.39, 0.29) is 6.03 Å². The van der Waals surface area contributed by atoms with Crippen molar-refractivity contribution in [1.29, 1.82) is 0 Å². The van der Waals surface area contributed by atoms with Crippen LogP contribution in [0.3, 0.4) is 0 Å². The highest BCUT2D eigenvalue weighted by Gasteiger charge is 2.13. The second-order valence-electron chi connectivity index (χ2n) is 6.49. The summed E-state index contributed by atoms with van der Waals surface area (Å²) < 4.78 is 2.04. The van der Waals surface area contributed by atoms with Crippen molar-refractivity contribution >= 4 is 22.9 Å². The number of benzene rings is 2. The number of nitrogens with zero attached hydrogens (tertiary/aromatic N) is 3. The predicted octanol–water partition coefficient (Wildman–Crippen LogP) is 4.09. The van der Waals surface area contributed by atoms with Crippen LogP contribution in [0.4, 0.5) is 10.5 Å². The number of fused-ring (bicyclic) bond motifs is 1. The molecular weight excluding hydrogens is 350 g/mol. The highest BCUT2D eigenvalue weighted by atomic mass is 16.2. The largest absolute Gasteiger partial charge is 0.337 e. The first-order chi connectivity index (χ1) is 13.7. The number of aryl methyl sites for hydroxylation is 1. The number of imidazole rings is 1.